The van der Waals surface area contributed by atoms with Crippen molar-refractivity contribution in [2.45, 2.75) is 32.0 Å². The van der Waals surface area contributed by atoms with Gasteiger partial charge in [-0.05, 0) is 41.0 Å². The molecule has 1 heterocycles. The van der Waals surface area contributed by atoms with E-state index in [-0.39, 0.29) is 24.8 Å². The lowest BCUT2D eigenvalue weighted by Gasteiger charge is -2.31. The Kier molecular flexibility index (Phi) is 8.54. The predicted molar refractivity (Wildman–Crippen MR) is 138 cm³/mol. The summed E-state index contributed by atoms with van der Waals surface area (Å²) in [5.41, 5.74) is 2.79. The maximum Gasteiger partial charge on any atom is 0.243 e. The first kappa shape index (κ1) is 24.8. The maximum atomic E-state index is 13.7. The molecule has 6 heteroatoms. The van der Waals surface area contributed by atoms with Crippen LogP contribution in [-0.4, -0.2) is 29.9 Å². The van der Waals surface area contributed by atoms with Crippen molar-refractivity contribution in [2.75, 3.05) is 7.11 Å². The topological polar surface area (TPSA) is 71.8 Å². The molecule has 0 aliphatic carbocycles. The fourth-order valence-electron chi connectivity index (χ4n) is 4.06. The Bertz CT molecular complexity index is 1220. The molecule has 0 spiro atoms. The van der Waals surface area contributed by atoms with Gasteiger partial charge >= 0.3 is 0 Å². The standard InChI is InChI=1S/C30H30N2O4/c1-35-26-16-14-25(15-17-26)22-32(29(33)20-24-11-6-3-7-12-24)28(19-23-9-4-2-5-10-23)30(34)31-21-27-13-8-18-36-27/h2-18,28H,19-22H2,1H3,(H,31,34)/t28-/m0/s1. The normalized spacial score (nSPS) is 11.5. The summed E-state index contributed by atoms with van der Waals surface area (Å²) in [6.45, 7) is 0.543. The van der Waals surface area contributed by atoms with Crippen molar-refractivity contribution >= 4 is 11.8 Å². The number of hydrogen-bond donors (Lipinski definition) is 1. The van der Waals surface area contributed by atoms with Crippen molar-refractivity contribution in [3.8, 4) is 5.75 Å². The van der Waals surface area contributed by atoms with Crippen LogP contribution in [0.2, 0.25) is 0 Å². The second kappa shape index (κ2) is 12.4. The molecule has 2 amide bonds. The molecule has 4 rings (SSSR count). The minimum absolute atomic E-state index is 0.119. The van der Waals surface area contributed by atoms with Crippen LogP contribution in [0.3, 0.4) is 0 Å². The van der Waals surface area contributed by atoms with Gasteiger partial charge in [-0.25, -0.2) is 0 Å². The van der Waals surface area contributed by atoms with E-state index in [0.29, 0.717) is 18.7 Å². The highest BCUT2D eigenvalue weighted by Gasteiger charge is 2.30. The third kappa shape index (κ3) is 6.85. The number of carbonyl (C=O) groups is 2. The molecule has 0 unspecified atom stereocenters. The zero-order valence-electron chi connectivity index (χ0n) is 20.3. The Morgan fingerprint density at radius 1 is 0.833 bits per heavy atom. The monoisotopic (exact) mass is 482 g/mol. The van der Waals surface area contributed by atoms with E-state index >= 15 is 0 Å². The summed E-state index contributed by atoms with van der Waals surface area (Å²) in [4.78, 5) is 29.0. The van der Waals surface area contributed by atoms with Crippen LogP contribution in [0, 0.1) is 0 Å². The SMILES string of the molecule is COc1ccc(CN(C(=O)Cc2ccccc2)[C@@H](Cc2ccccc2)C(=O)NCc2ccco2)cc1. The van der Waals surface area contributed by atoms with E-state index in [1.807, 2.05) is 91.0 Å². The number of benzene rings is 3. The van der Waals surface area contributed by atoms with Crippen molar-refractivity contribution < 1.29 is 18.7 Å². The molecule has 0 radical (unpaired) electrons. The number of carbonyl (C=O) groups excluding carboxylic acids is 2. The number of nitrogens with one attached hydrogen (secondary N) is 1. The third-order valence-corrected chi connectivity index (χ3v) is 6.00. The molecule has 0 aliphatic rings. The summed E-state index contributed by atoms with van der Waals surface area (Å²) in [5.74, 6) is 1.04. The first-order chi connectivity index (χ1) is 17.6. The van der Waals surface area contributed by atoms with E-state index in [1.165, 1.54) is 0 Å². The smallest absolute Gasteiger partial charge is 0.243 e. The van der Waals surface area contributed by atoms with Crippen molar-refractivity contribution in [3.05, 3.63) is 126 Å². The average molecular weight is 483 g/mol. The molecule has 0 bridgehead atoms. The first-order valence-electron chi connectivity index (χ1n) is 11.9. The van der Waals surface area contributed by atoms with Gasteiger partial charge in [0.25, 0.3) is 0 Å². The molecule has 1 aromatic heterocycles. The Labute approximate surface area is 211 Å². The third-order valence-electron chi connectivity index (χ3n) is 6.00. The van der Waals surface area contributed by atoms with Gasteiger partial charge < -0.3 is 19.4 Å². The van der Waals surface area contributed by atoms with Gasteiger partial charge in [-0.2, -0.15) is 0 Å². The number of hydrogen-bond acceptors (Lipinski definition) is 4. The largest absolute Gasteiger partial charge is 0.497 e. The van der Waals surface area contributed by atoms with Gasteiger partial charge in [-0.15, -0.1) is 0 Å². The minimum Gasteiger partial charge on any atom is -0.497 e. The highest BCUT2D eigenvalue weighted by atomic mass is 16.5. The van der Waals surface area contributed by atoms with Crippen molar-refractivity contribution in [1.82, 2.24) is 10.2 Å². The van der Waals surface area contributed by atoms with Gasteiger partial charge in [0.05, 0.1) is 26.3 Å². The molecule has 36 heavy (non-hydrogen) atoms. The van der Waals surface area contributed by atoms with Gasteiger partial charge in [0.1, 0.15) is 17.6 Å². The van der Waals surface area contributed by atoms with E-state index in [9.17, 15) is 9.59 Å². The molecule has 1 N–H and O–H groups in total. The first-order valence-corrected chi connectivity index (χ1v) is 11.9. The summed E-state index contributed by atoms with van der Waals surface area (Å²) in [6.07, 6.45) is 2.16. The highest BCUT2D eigenvalue weighted by Crippen LogP contribution is 2.19. The molecule has 0 saturated heterocycles. The fourth-order valence-corrected chi connectivity index (χ4v) is 4.06. The van der Waals surface area contributed by atoms with Gasteiger partial charge in [0, 0.05) is 13.0 Å². The van der Waals surface area contributed by atoms with Crippen molar-refractivity contribution in [2.24, 2.45) is 0 Å². The summed E-state index contributed by atoms with van der Waals surface area (Å²) >= 11 is 0. The van der Waals surface area contributed by atoms with Gasteiger partial charge in [0.15, 0.2) is 0 Å². The number of ether oxygens (including phenoxy) is 1. The van der Waals surface area contributed by atoms with E-state index < -0.39 is 6.04 Å². The Morgan fingerprint density at radius 3 is 2.11 bits per heavy atom. The van der Waals surface area contributed by atoms with E-state index in [4.69, 9.17) is 9.15 Å². The quantitative estimate of drug-likeness (QED) is 0.334. The van der Waals surface area contributed by atoms with Crippen LogP contribution >= 0.6 is 0 Å². The number of rotatable bonds is 11. The van der Waals surface area contributed by atoms with Crippen LogP contribution in [0.15, 0.2) is 108 Å². The van der Waals surface area contributed by atoms with Crippen LogP contribution in [0.5, 0.6) is 5.75 Å². The van der Waals surface area contributed by atoms with Crippen LogP contribution in [-0.2, 0) is 35.5 Å². The summed E-state index contributed by atoms with van der Waals surface area (Å²) in [7, 11) is 1.62. The molecular weight excluding hydrogens is 452 g/mol. The summed E-state index contributed by atoms with van der Waals surface area (Å²) < 4.78 is 10.7. The Morgan fingerprint density at radius 2 is 1.50 bits per heavy atom. The van der Waals surface area contributed by atoms with E-state index in [0.717, 1.165) is 22.4 Å². The summed E-state index contributed by atoms with van der Waals surface area (Å²) in [5, 5.41) is 2.96. The molecule has 0 aliphatic heterocycles. The highest BCUT2D eigenvalue weighted by molar-refractivity contribution is 5.88. The van der Waals surface area contributed by atoms with Crippen LogP contribution < -0.4 is 10.1 Å². The molecule has 4 aromatic rings. The fraction of sp³-hybridized carbons (Fsp3) is 0.200. The second-order valence-electron chi connectivity index (χ2n) is 8.53. The second-order valence-corrected chi connectivity index (χ2v) is 8.53. The number of amides is 2. The van der Waals surface area contributed by atoms with Gasteiger partial charge in [-0.1, -0.05) is 72.8 Å². The summed E-state index contributed by atoms with van der Waals surface area (Å²) in [6, 6.07) is 29.8. The van der Waals surface area contributed by atoms with Gasteiger partial charge in [-0.3, -0.25) is 9.59 Å². The van der Waals surface area contributed by atoms with Crippen LogP contribution in [0.25, 0.3) is 0 Å². The minimum atomic E-state index is -0.708. The molecule has 3 aromatic carbocycles. The number of nitrogens with zero attached hydrogens (tertiary/aromatic N) is 1. The maximum absolute atomic E-state index is 13.7. The lowest BCUT2D eigenvalue weighted by atomic mass is 10.0. The van der Waals surface area contributed by atoms with Gasteiger partial charge in [0.2, 0.25) is 11.8 Å². The molecule has 184 valence electrons. The molecule has 6 nitrogen and oxygen atoms in total. The van der Waals surface area contributed by atoms with E-state index in [1.54, 1.807) is 24.3 Å². The number of furan rings is 1. The number of methoxy groups -OCH3 is 1. The van der Waals surface area contributed by atoms with Crippen molar-refractivity contribution in [1.29, 1.82) is 0 Å². The lowest BCUT2D eigenvalue weighted by Crippen LogP contribution is -2.50. The molecule has 1 atom stereocenters. The van der Waals surface area contributed by atoms with E-state index in [2.05, 4.69) is 5.32 Å². The zero-order chi connectivity index (χ0) is 25.2. The predicted octanol–water partition coefficient (Wildman–Crippen LogP) is 4.79. The van der Waals surface area contributed by atoms with Crippen LogP contribution in [0.1, 0.15) is 22.5 Å². The Hall–Kier alpha value is -4.32. The lowest BCUT2D eigenvalue weighted by molar-refractivity contribution is -0.140. The Balaban J connectivity index is 1.63. The van der Waals surface area contributed by atoms with Crippen LogP contribution in [0.4, 0.5) is 0 Å². The van der Waals surface area contributed by atoms with Crippen molar-refractivity contribution in [3.63, 3.8) is 0 Å². The molecule has 0 saturated carbocycles. The zero-order valence-corrected chi connectivity index (χ0v) is 20.3. The average Bonchev–Trinajstić information content (AvgIpc) is 3.44. The molecular formula is C30H30N2O4. The molecule has 0 fully saturated rings.